The number of hydrogen-bond acceptors (Lipinski definition) is 3. The molecule has 20 heavy (non-hydrogen) atoms. The highest BCUT2D eigenvalue weighted by Crippen LogP contribution is 2.40. The van der Waals surface area contributed by atoms with Crippen LogP contribution in [0.5, 0.6) is 0 Å². The standard InChI is InChI=1S/C16H11BrO2S/c1-19-16(18)15-14(10-5-3-2-4-6-10)12-8-7-11(17)9-13(12)20-15/h2-9H,1H3. The molecule has 0 saturated carbocycles. The van der Waals surface area contributed by atoms with Gasteiger partial charge in [0.15, 0.2) is 0 Å². The third kappa shape index (κ3) is 2.25. The highest BCUT2D eigenvalue weighted by molar-refractivity contribution is 9.10. The maximum absolute atomic E-state index is 12.0. The molecule has 0 atom stereocenters. The summed E-state index contributed by atoms with van der Waals surface area (Å²) in [5.74, 6) is -0.291. The average Bonchev–Trinajstić information content (AvgIpc) is 2.85. The highest BCUT2D eigenvalue weighted by Gasteiger charge is 2.20. The summed E-state index contributed by atoms with van der Waals surface area (Å²) in [5.41, 5.74) is 1.98. The lowest BCUT2D eigenvalue weighted by molar-refractivity contribution is 0.0607. The molecule has 0 amide bonds. The summed E-state index contributed by atoms with van der Waals surface area (Å²) in [6.45, 7) is 0. The minimum atomic E-state index is -0.291. The number of thiophene rings is 1. The fourth-order valence-electron chi connectivity index (χ4n) is 2.20. The molecule has 0 aliphatic rings. The van der Waals surface area contributed by atoms with Crippen molar-refractivity contribution in [3.63, 3.8) is 0 Å². The van der Waals surface area contributed by atoms with Crippen molar-refractivity contribution in [3.05, 3.63) is 57.9 Å². The predicted molar refractivity (Wildman–Crippen MR) is 86.3 cm³/mol. The number of halogens is 1. The Morgan fingerprint density at radius 2 is 1.90 bits per heavy atom. The van der Waals surface area contributed by atoms with Crippen LogP contribution in [0.15, 0.2) is 53.0 Å². The number of hydrogen-bond donors (Lipinski definition) is 0. The van der Waals surface area contributed by atoms with Gasteiger partial charge in [0.2, 0.25) is 0 Å². The molecule has 2 nitrogen and oxygen atoms in total. The van der Waals surface area contributed by atoms with Crippen LogP contribution >= 0.6 is 27.3 Å². The van der Waals surface area contributed by atoms with Gasteiger partial charge in [-0.3, -0.25) is 0 Å². The van der Waals surface area contributed by atoms with Crippen LogP contribution in [0.1, 0.15) is 9.67 Å². The Morgan fingerprint density at radius 1 is 1.15 bits per heavy atom. The lowest BCUT2D eigenvalue weighted by atomic mass is 10.0. The Labute approximate surface area is 129 Å². The second kappa shape index (κ2) is 5.38. The van der Waals surface area contributed by atoms with E-state index in [9.17, 15) is 4.79 Å². The van der Waals surface area contributed by atoms with Crippen LogP contribution in [0.2, 0.25) is 0 Å². The molecule has 4 heteroatoms. The van der Waals surface area contributed by atoms with Crippen LogP contribution in [0.25, 0.3) is 21.2 Å². The van der Waals surface area contributed by atoms with E-state index in [4.69, 9.17) is 4.74 Å². The summed E-state index contributed by atoms with van der Waals surface area (Å²) in [6, 6.07) is 16.0. The smallest absolute Gasteiger partial charge is 0.348 e. The monoisotopic (exact) mass is 346 g/mol. The van der Waals surface area contributed by atoms with Crippen LogP contribution in [0, 0.1) is 0 Å². The summed E-state index contributed by atoms with van der Waals surface area (Å²) in [5, 5.41) is 1.07. The summed E-state index contributed by atoms with van der Waals surface area (Å²) in [7, 11) is 1.41. The number of benzene rings is 2. The lowest BCUT2D eigenvalue weighted by Crippen LogP contribution is -1.99. The maximum Gasteiger partial charge on any atom is 0.348 e. The number of esters is 1. The first-order valence-corrected chi connectivity index (χ1v) is 7.67. The van der Waals surface area contributed by atoms with E-state index in [2.05, 4.69) is 15.9 Å². The van der Waals surface area contributed by atoms with Crippen molar-refractivity contribution < 1.29 is 9.53 Å². The lowest BCUT2D eigenvalue weighted by Gasteiger charge is -2.03. The molecule has 0 saturated heterocycles. The predicted octanol–water partition coefficient (Wildman–Crippen LogP) is 5.12. The molecule has 100 valence electrons. The quantitative estimate of drug-likeness (QED) is 0.602. The van der Waals surface area contributed by atoms with E-state index in [-0.39, 0.29) is 5.97 Å². The number of carbonyl (C=O) groups is 1. The van der Waals surface area contributed by atoms with E-state index in [1.165, 1.54) is 18.4 Å². The molecule has 1 heterocycles. The molecule has 0 spiro atoms. The Hall–Kier alpha value is -1.65. The van der Waals surface area contributed by atoms with Crippen LogP contribution in [-0.2, 0) is 4.74 Å². The number of rotatable bonds is 2. The van der Waals surface area contributed by atoms with E-state index >= 15 is 0 Å². The van der Waals surface area contributed by atoms with Crippen LogP contribution in [0.3, 0.4) is 0 Å². The van der Waals surface area contributed by atoms with Crippen LogP contribution in [-0.4, -0.2) is 13.1 Å². The summed E-state index contributed by atoms with van der Waals surface area (Å²) in [6.07, 6.45) is 0. The number of methoxy groups -OCH3 is 1. The maximum atomic E-state index is 12.0. The van der Waals surface area contributed by atoms with E-state index in [1.807, 2.05) is 48.5 Å². The fourth-order valence-corrected chi connectivity index (χ4v) is 3.89. The van der Waals surface area contributed by atoms with E-state index in [0.717, 1.165) is 25.7 Å². The van der Waals surface area contributed by atoms with Crippen LogP contribution < -0.4 is 0 Å². The minimum Gasteiger partial charge on any atom is -0.465 e. The molecule has 0 unspecified atom stereocenters. The molecule has 0 radical (unpaired) electrons. The van der Waals surface area contributed by atoms with Gasteiger partial charge in [-0.1, -0.05) is 52.3 Å². The molecule has 3 aromatic rings. The largest absolute Gasteiger partial charge is 0.465 e. The number of fused-ring (bicyclic) bond motifs is 1. The Bertz CT molecular complexity index is 778. The molecule has 2 aromatic carbocycles. The number of ether oxygens (including phenoxy) is 1. The molecular formula is C16H11BrO2S. The van der Waals surface area contributed by atoms with E-state index < -0.39 is 0 Å². The third-order valence-electron chi connectivity index (χ3n) is 3.09. The van der Waals surface area contributed by atoms with Crippen molar-refractivity contribution in [1.29, 1.82) is 0 Å². The average molecular weight is 347 g/mol. The summed E-state index contributed by atoms with van der Waals surface area (Å²) in [4.78, 5) is 12.7. The fraction of sp³-hybridized carbons (Fsp3) is 0.0625. The first-order valence-electron chi connectivity index (χ1n) is 6.06. The van der Waals surface area contributed by atoms with Gasteiger partial charge < -0.3 is 4.74 Å². The second-order valence-electron chi connectivity index (χ2n) is 4.30. The van der Waals surface area contributed by atoms with Gasteiger partial charge in [-0.05, 0) is 17.7 Å². The highest BCUT2D eigenvalue weighted by atomic mass is 79.9. The molecule has 0 fully saturated rings. The van der Waals surface area contributed by atoms with Crippen molar-refractivity contribution in [2.24, 2.45) is 0 Å². The Balaban J connectivity index is 2.34. The van der Waals surface area contributed by atoms with Gasteiger partial charge in [0.05, 0.1) is 7.11 Å². The Kier molecular flexibility index (Phi) is 3.59. The molecule has 0 N–H and O–H groups in total. The molecule has 3 rings (SSSR count). The van der Waals surface area contributed by atoms with Gasteiger partial charge in [-0.2, -0.15) is 0 Å². The zero-order chi connectivity index (χ0) is 14.1. The SMILES string of the molecule is COC(=O)c1sc2cc(Br)ccc2c1-c1ccccc1. The molecule has 0 bridgehead atoms. The van der Waals surface area contributed by atoms with Gasteiger partial charge in [-0.15, -0.1) is 11.3 Å². The number of carbonyl (C=O) groups excluding carboxylic acids is 1. The zero-order valence-electron chi connectivity index (χ0n) is 10.7. The van der Waals surface area contributed by atoms with Gasteiger partial charge in [-0.25, -0.2) is 4.79 Å². The zero-order valence-corrected chi connectivity index (χ0v) is 13.1. The van der Waals surface area contributed by atoms with E-state index in [0.29, 0.717) is 4.88 Å². The van der Waals surface area contributed by atoms with Crippen molar-refractivity contribution in [1.82, 2.24) is 0 Å². The van der Waals surface area contributed by atoms with Gasteiger partial charge in [0.25, 0.3) is 0 Å². The van der Waals surface area contributed by atoms with Crippen molar-refractivity contribution in [2.75, 3.05) is 7.11 Å². The minimum absolute atomic E-state index is 0.291. The van der Waals surface area contributed by atoms with Gasteiger partial charge in [0.1, 0.15) is 4.88 Å². The van der Waals surface area contributed by atoms with Crippen LogP contribution in [0.4, 0.5) is 0 Å². The topological polar surface area (TPSA) is 26.3 Å². The molecule has 0 aliphatic carbocycles. The Morgan fingerprint density at radius 3 is 2.60 bits per heavy atom. The third-order valence-corrected chi connectivity index (χ3v) is 4.71. The molecular weight excluding hydrogens is 336 g/mol. The molecule has 1 aromatic heterocycles. The van der Waals surface area contributed by atoms with Crippen molar-refractivity contribution >= 4 is 43.3 Å². The van der Waals surface area contributed by atoms with Crippen molar-refractivity contribution in [3.8, 4) is 11.1 Å². The summed E-state index contributed by atoms with van der Waals surface area (Å²) >= 11 is 4.93. The van der Waals surface area contributed by atoms with E-state index in [1.54, 1.807) is 0 Å². The van der Waals surface area contributed by atoms with Gasteiger partial charge >= 0.3 is 5.97 Å². The van der Waals surface area contributed by atoms with Crippen molar-refractivity contribution in [2.45, 2.75) is 0 Å². The normalized spacial score (nSPS) is 10.7. The van der Waals surface area contributed by atoms with Gasteiger partial charge in [0, 0.05) is 20.1 Å². The first-order chi connectivity index (χ1) is 9.70. The molecule has 0 aliphatic heterocycles. The summed E-state index contributed by atoms with van der Waals surface area (Å²) < 4.78 is 6.99. The second-order valence-corrected chi connectivity index (χ2v) is 6.27. The first kappa shape index (κ1) is 13.3.